The number of hydrogen-bond donors (Lipinski definition) is 1. The van der Waals surface area contributed by atoms with E-state index in [1.54, 1.807) is 5.57 Å². The van der Waals surface area contributed by atoms with Crippen LogP contribution in [0.15, 0.2) is 71.2 Å². The molecule has 0 aromatic heterocycles. The summed E-state index contributed by atoms with van der Waals surface area (Å²) in [7, 11) is 1.50. The first-order valence-electron chi connectivity index (χ1n) is 16.3. The molecule has 0 spiro atoms. The quantitative estimate of drug-likeness (QED) is 0.244. The minimum Gasteiger partial charge on any atom is -0.372 e. The third kappa shape index (κ3) is 8.30. The molecule has 0 saturated heterocycles. The Morgan fingerprint density at radius 3 is 2.29 bits per heavy atom. The molecule has 4 rings (SSSR count). The zero-order valence-corrected chi connectivity index (χ0v) is 28.2. The zero-order chi connectivity index (χ0) is 30.5. The molecule has 2 aromatic rings. The van der Waals surface area contributed by atoms with Crippen LogP contribution in [-0.4, -0.2) is 50.4 Å². The number of anilines is 1. The van der Waals surface area contributed by atoms with Crippen molar-refractivity contribution in [2.24, 2.45) is 5.73 Å². The van der Waals surface area contributed by atoms with Crippen LogP contribution in [0.25, 0.3) is 11.1 Å². The van der Waals surface area contributed by atoms with Gasteiger partial charge in [0.05, 0.1) is 0 Å². The first-order chi connectivity index (χ1) is 20.6. The molecule has 0 amide bonds. The van der Waals surface area contributed by atoms with E-state index in [1.165, 1.54) is 74.6 Å². The lowest BCUT2D eigenvalue weighted by molar-refractivity contribution is 0.305. The standard InChI is InChI=1S/C37H50N2S.CH5N.H2/c1-7-28(8-2)29-18-20-35-31(24-29)25-32-26-33(39(11-5)12-6)19-21-36(32)37(35)30-16-13-14-17-34(27-30)40-23-15-22-38(9-3)10-4;1-2;/h13-14,16,18-21,24,26-27H,7-12,15,17,22-23,25H2,1-6H3;2H2,1H3;1H. The van der Waals surface area contributed by atoms with Crippen LogP contribution in [0.2, 0.25) is 0 Å². The van der Waals surface area contributed by atoms with Crippen LogP contribution in [0.1, 0.15) is 85.3 Å². The molecule has 0 heterocycles. The number of hydrogen-bond acceptors (Lipinski definition) is 4. The van der Waals surface area contributed by atoms with E-state index in [1.807, 2.05) is 11.8 Å². The lowest BCUT2D eigenvalue weighted by Crippen LogP contribution is -2.26. The zero-order valence-electron chi connectivity index (χ0n) is 27.4. The Labute approximate surface area is 262 Å². The van der Waals surface area contributed by atoms with Gasteiger partial charge in [0.1, 0.15) is 0 Å². The van der Waals surface area contributed by atoms with Crippen molar-refractivity contribution in [2.45, 2.75) is 73.6 Å². The maximum absolute atomic E-state index is 4.50. The largest absolute Gasteiger partial charge is 0.372 e. The van der Waals surface area contributed by atoms with E-state index in [2.05, 4.69) is 118 Å². The van der Waals surface area contributed by atoms with Gasteiger partial charge >= 0.3 is 0 Å². The summed E-state index contributed by atoms with van der Waals surface area (Å²) in [6.07, 6.45) is 14.9. The summed E-state index contributed by atoms with van der Waals surface area (Å²) in [4.78, 5) is 6.47. The minimum atomic E-state index is 0. The number of benzene rings is 2. The van der Waals surface area contributed by atoms with E-state index in [0.717, 1.165) is 51.9 Å². The van der Waals surface area contributed by atoms with Crippen molar-refractivity contribution in [1.82, 2.24) is 4.90 Å². The van der Waals surface area contributed by atoms with Crippen molar-refractivity contribution in [3.05, 3.63) is 98.3 Å². The summed E-state index contributed by atoms with van der Waals surface area (Å²) in [5, 5.41) is 2.82. The van der Waals surface area contributed by atoms with Crippen LogP contribution >= 0.6 is 11.8 Å². The Balaban J connectivity index is 0.00000211. The van der Waals surface area contributed by atoms with Crippen molar-refractivity contribution in [3.63, 3.8) is 0 Å². The fraction of sp³-hybridized carbons (Fsp3) is 0.474. The third-order valence-corrected chi connectivity index (χ3v) is 9.79. The fourth-order valence-electron chi connectivity index (χ4n) is 6.20. The first-order valence-corrected chi connectivity index (χ1v) is 17.3. The SMILES string of the molecule is CCC(CC)=c1ccc2c(c1)Cc1cc(N(CC)CC)ccc1C=2C1=CC=CCC(SCCCN(CC)CC)=C1.CN.[HH]. The molecule has 0 radical (unpaired) electrons. The third-order valence-electron chi connectivity index (χ3n) is 8.64. The molecule has 0 atom stereocenters. The summed E-state index contributed by atoms with van der Waals surface area (Å²) in [6.45, 7) is 19.2. The molecule has 3 nitrogen and oxygen atoms in total. The predicted octanol–water partition coefficient (Wildman–Crippen LogP) is 7.66. The van der Waals surface area contributed by atoms with Gasteiger partial charge in [0.15, 0.2) is 0 Å². The second-order valence-electron chi connectivity index (χ2n) is 10.8. The van der Waals surface area contributed by atoms with Gasteiger partial charge in [-0.15, -0.1) is 11.8 Å². The van der Waals surface area contributed by atoms with E-state index < -0.39 is 0 Å². The highest BCUT2D eigenvalue weighted by atomic mass is 32.2. The summed E-state index contributed by atoms with van der Waals surface area (Å²) in [5.41, 5.74) is 14.5. The molecule has 230 valence electrons. The van der Waals surface area contributed by atoms with Gasteiger partial charge in [-0.3, -0.25) is 0 Å². The molecule has 2 aliphatic carbocycles. The molecule has 0 bridgehead atoms. The molecule has 42 heavy (non-hydrogen) atoms. The highest BCUT2D eigenvalue weighted by molar-refractivity contribution is 8.03. The Hall–Kier alpha value is -2.53. The second-order valence-corrected chi connectivity index (χ2v) is 12.1. The van der Waals surface area contributed by atoms with Gasteiger partial charge in [-0.05, 0) is 140 Å². The molecule has 4 heteroatoms. The molecular weight excluding hydrogens is 531 g/mol. The smallest absolute Gasteiger partial charge is 0.0369 e. The maximum atomic E-state index is 4.50. The number of fused-ring (bicyclic) bond motifs is 2. The van der Waals surface area contributed by atoms with Crippen LogP contribution in [0.4, 0.5) is 5.69 Å². The van der Waals surface area contributed by atoms with Gasteiger partial charge in [-0.25, -0.2) is 0 Å². The van der Waals surface area contributed by atoms with Crippen molar-refractivity contribution in [3.8, 4) is 0 Å². The Morgan fingerprint density at radius 1 is 0.881 bits per heavy atom. The minimum absolute atomic E-state index is 0. The van der Waals surface area contributed by atoms with E-state index in [9.17, 15) is 0 Å². The topological polar surface area (TPSA) is 32.5 Å². The molecule has 0 saturated carbocycles. The predicted molar refractivity (Wildman–Crippen MR) is 192 cm³/mol. The van der Waals surface area contributed by atoms with Crippen molar-refractivity contribution in [2.75, 3.05) is 50.4 Å². The van der Waals surface area contributed by atoms with Crippen LogP contribution in [0.5, 0.6) is 0 Å². The summed E-state index contributed by atoms with van der Waals surface area (Å²) >= 11 is 2.05. The highest BCUT2D eigenvalue weighted by Gasteiger charge is 2.21. The molecular formula is C38H57N3S. The average Bonchev–Trinajstić information content (AvgIpc) is 3.27. The van der Waals surface area contributed by atoms with Crippen LogP contribution in [0, 0.1) is 0 Å². The van der Waals surface area contributed by atoms with Gasteiger partial charge < -0.3 is 15.5 Å². The maximum Gasteiger partial charge on any atom is 0.0369 e. The van der Waals surface area contributed by atoms with E-state index in [4.69, 9.17) is 0 Å². The monoisotopic (exact) mass is 587 g/mol. The molecule has 0 fully saturated rings. The number of rotatable bonds is 13. The van der Waals surface area contributed by atoms with Gasteiger partial charge in [-0.2, -0.15) is 0 Å². The summed E-state index contributed by atoms with van der Waals surface area (Å²) < 4.78 is 0. The normalized spacial score (nSPS) is 13.9. The molecule has 2 aromatic carbocycles. The average molecular weight is 588 g/mol. The Morgan fingerprint density at radius 2 is 1.62 bits per heavy atom. The fourth-order valence-corrected chi connectivity index (χ4v) is 7.16. The van der Waals surface area contributed by atoms with Crippen LogP contribution in [0.3, 0.4) is 0 Å². The number of thioether (sulfide) groups is 1. The van der Waals surface area contributed by atoms with Crippen LogP contribution in [-0.2, 0) is 6.42 Å². The number of nitrogens with two attached hydrogens (primary N) is 1. The molecule has 0 aliphatic heterocycles. The van der Waals surface area contributed by atoms with E-state index in [0.29, 0.717) is 0 Å². The Bertz CT molecular complexity index is 1370. The van der Waals surface area contributed by atoms with Crippen molar-refractivity contribution >= 4 is 28.6 Å². The lowest BCUT2D eigenvalue weighted by atomic mass is 9.82. The van der Waals surface area contributed by atoms with E-state index >= 15 is 0 Å². The van der Waals surface area contributed by atoms with Crippen molar-refractivity contribution in [1.29, 1.82) is 0 Å². The van der Waals surface area contributed by atoms with Gasteiger partial charge in [0, 0.05) is 20.2 Å². The molecule has 0 unspecified atom stereocenters. The van der Waals surface area contributed by atoms with Gasteiger partial charge in [0.25, 0.3) is 0 Å². The molecule has 2 N–H and O–H groups in total. The number of nitrogens with zero attached hydrogens (tertiary/aromatic N) is 2. The van der Waals surface area contributed by atoms with Gasteiger partial charge in [0.2, 0.25) is 0 Å². The summed E-state index contributed by atoms with van der Waals surface area (Å²) in [5.74, 6) is 1.18. The lowest BCUT2D eigenvalue weighted by Gasteiger charge is -2.26. The first kappa shape index (κ1) is 34.0. The van der Waals surface area contributed by atoms with Crippen LogP contribution < -0.4 is 21.1 Å². The highest BCUT2D eigenvalue weighted by Crippen LogP contribution is 2.35. The Kier molecular flexibility index (Phi) is 14.2. The van der Waals surface area contributed by atoms with Crippen molar-refractivity contribution < 1.29 is 1.43 Å². The second kappa shape index (κ2) is 17.6. The number of allylic oxidation sites excluding steroid dienone is 6. The summed E-state index contributed by atoms with van der Waals surface area (Å²) in [6, 6.07) is 14.5. The van der Waals surface area contributed by atoms with E-state index in [-0.39, 0.29) is 1.43 Å². The molecule has 2 aliphatic rings. The van der Waals surface area contributed by atoms with Gasteiger partial charge in [-0.1, -0.05) is 75.8 Å².